The maximum absolute atomic E-state index is 3.92. The molecule has 0 radical (unpaired) electrons. The number of hydrogen-bond donors (Lipinski definition) is 1. The largest absolute Gasteiger partial charge is 0.312 e. The number of likely N-dealkylation sites (tertiary alicyclic amines) is 1. The van der Waals surface area contributed by atoms with Crippen molar-refractivity contribution < 1.29 is 0 Å². The third-order valence-corrected chi connectivity index (χ3v) is 5.29. The Morgan fingerprint density at radius 3 is 2.50 bits per heavy atom. The van der Waals surface area contributed by atoms with Crippen LogP contribution in [0, 0.1) is 11.8 Å². The van der Waals surface area contributed by atoms with Crippen molar-refractivity contribution in [2.75, 3.05) is 26.2 Å². The van der Waals surface area contributed by atoms with Crippen LogP contribution in [0.1, 0.15) is 71.6 Å². The van der Waals surface area contributed by atoms with Gasteiger partial charge in [0.2, 0.25) is 0 Å². The SMILES string of the molecule is CCCCC1CC(NCC2CCCC2)CN(CCC)C1. The molecule has 0 amide bonds. The minimum Gasteiger partial charge on any atom is -0.312 e. The molecule has 118 valence electrons. The van der Waals surface area contributed by atoms with Gasteiger partial charge in [-0.05, 0) is 57.0 Å². The lowest BCUT2D eigenvalue weighted by Crippen LogP contribution is -2.50. The second-order valence-corrected chi connectivity index (χ2v) is 7.26. The molecule has 2 rings (SSSR count). The van der Waals surface area contributed by atoms with Gasteiger partial charge in [0, 0.05) is 19.1 Å². The predicted octanol–water partition coefficient (Wildman–Crippen LogP) is 4.06. The van der Waals surface area contributed by atoms with E-state index in [1.54, 1.807) is 0 Å². The van der Waals surface area contributed by atoms with Gasteiger partial charge in [0.15, 0.2) is 0 Å². The van der Waals surface area contributed by atoms with Crippen molar-refractivity contribution in [3.8, 4) is 0 Å². The highest BCUT2D eigenvalue weighted by molar-refractivity contribution is 4.84. The molecule has 1 aliphatic carbocycles. The Hall–Kier alpha value is -0.0800. The minimum atomic E-state index is 0.762. The Kier molecular flexibility index (Phi) is 7.37. The normalized spacial score (nSPS) is 29.1. The number of rotatable bonds is 8. The zero-order chi connectivity index (χ0) is 14.2. The quantitative estimate of drug-likeness (QED) is 0.721. The van der Waals surface area contributed by atoms with Crippen LogP contribution in [-0.4, -0.2) is 37.1 Å². The van der Waals surface area contributed by atoms with Crippen molar-refractivity contribution in [1.29, 1.82) is 0 Å². The second kappa shape index (κ2) is 9.04. The summed E-state index contributed by atoms with van der Waals surface area (Å²) in [7, 11) is 0. The van der Waals surface area contributed by atoms with Gasteiger partial charge in [0.25, 0.3) is 0 Å². The lowest BCUT2D eigenvalue weighted by atomic mass is 9.89. The molecule has 0 aromatic heterocycles. The maximum atomic E-state index is 3.92. The van der Waals surface area contributed by atoms with Gasteiger partial charge in [-0.15, -0.1) is 0 Å². The molecular weight excluding hydrogens is 244 g/mol. The Bertz CT molecular complexity index is 248. The van der Waals surface area contributed by atoms with E-state index in [4.69, 9.17) is 0 Å². The lowest BCUT2D eigenvalue weighted by Gasteiger charge is -2.38. The van der Waals surface area contributed by atoms with Crippen LogP contribution in [0.25, 0.3) is 0 Å². The zero-order valence-corrected chi connectivity index (χ0v) is 13.9. The molecule has 1 N–H and O–H groups in total. The fraction of sp³-hybridized carbons (Fsp3) is 1.00. The van der Waals surface area contributed by atoms with Crippen LogP contribution in [0.3, 0.4) is 0 Å². The van der Waals surface area contributed by atoms with Crippen molar-refractivity contribution >= 4 is 0 Å². The molecule has 1 saturated carbocycles. The highest BCUT2D eigenvalue weighted by Gasteiger charge is 2.27. The van der Waals surface area contributed by atoms with Crippen LogP contribution in [0.2, 0.25) is 0 Å². The summed E-state index contributed by atoms with van der Waals surface area (Å²) in [4.78, 5) is 2.72. The molecule has 2 fully saturated rings. The first kappa shape index (κ1) is 16.3. The molecule has 0 aromatic rings. The molecular formula is C18H36N2. The summed E-state index contributed by atoms with van der Waals surface area (Å²) in [6.07, 6.45) is 12.8. The average Bonchev–Trinajstić information content (AvgIpc) is 2.96. The van der Waals surface area contributed by atoms with Crippen LogP contribution >= 0.6 is 0 Å². The van der Waals surface area contributed by atoms with Gasteiger partial charge in [0.05, 0.1) is 0 Å². The van der Waals surface area contributed by atoms with E-state index in [0.29, 0.717) is 0 Å². The van der Waals surface area contributed by atoms with E-state index in [2.05, 4.69) is 24.1 Å². The van der Waals surface area contributed by atoms with Gasteiger partial charge in [-0.25, -0.2) is 0 Å². The Labute approximate surface area is 126 Å². The van der Waals surface area contributed by atoms with Gasteiger partial charge in [0.1, 0.15) is 0 Å². The summed E-state index contributed by atoms with van der Waals surface area (Å²) in [5, 5.41) is 3.92. The first-order chi connectivity index (χ1) is 9.81. The maximum Gasteiger partial charge on any atom is 0.0198 e. The van der Waals surface area contributed by atoms with E-state index >= 15 is 0 Å². The van der Waals surface area contributed by atoms with E-state index in [9.17, 15) is 0 Å². The van der Waals surface area contributed by atoms with Crippen LogP contribution in [0.5, 0.6) is 0 Å². The molecule has 2 heteroatoms. The first-order valence-corrected chi connectivity index (χ1v) is 9.27. The molecule has 2 atom stereocenters. The van der Waals surface area contributed by atoms with E-state index in [1.807, 2.05) is 0 Å². The summed E-state index contributed by atoms with van der Waals surface area (Å²) >= 11 is 0. The average molecular weight is 280 g/mol. The number of nitrogens with zero attached hydrogens (tertiary/aromatic N) is 1. The van der Waals surface area contributed by atoms with Gasteiger partial charge in [-0.3, -0.25) is 0 Å². The number of nitrogens with one attached hydrogen (secondary N) is 1. The van der Waals surface area contributed by atoms with Crippen LogP contribution in [-0.2, 0) is 0 Å². The molecule has 1 aliphatic heterocycles. The third-order valence-electron chi connectivity index (χ3n) is 5.29. The van der Waals surface area contributed by atoms with Crippen molar-refractivity contribution in [3.63, 3.8) is 0 Å². The van der Waals surface area contributed by atoms with Crippen molar-refractivity contribution in [2.24, 2.45) is 11.8 Å². The van der Waals surface area contributed by atoms with E-state index in [0.717, 1.165) is 17.9 Å². The molecule has 1 heterocycles. The van der Waals surface area contributed by atoms with Crippen molar-refractivity contribution in [2.45, 2.75) is 77.7 Å². The molecule has 2 aliphatic rings. The standard InChI is InChI=1S/C18H36N2/c1-3-5-8-17-12-18(15-20(14-17)11-4-2)19-13-16-9-6-7-10-16/h16-19H,3-15H2,1-2H3. The highest BCUT2D eigenvalue weighted by Crippen LogP contribution is 2.26. The summed E-state index contributed by atoms with van der Waals surface area (Å²) in [6, 6.07) is 0.762. The number of piperidine rings is 1. The molecule has 2 nitrogen and oxygen atoms in total. The van der Waals surface area contributed by atoms with Gasteiger partial charge in [-0.1, -0.05) is 39.5 Å². The lowest BCUT2D eigenvalue weighted by molar-refractivity contribution is 0.132. The molecule has 0 bridgehead atoms. The van der Waals surface area contributed by atoms with E-state index < -0.39 is 0 Å². The van der Waals surface area contributed by atoms with E-state index in [-0.39, 0.29) is 0 Å². The van der Waals surface area contributed by atoms with Gasteiger partial charge < -0.3 is 10.2 Å². The predicted molar refractivity (Wildman–Crippen MR) is 88.1 cm³/mol. The fourth-order valence-corrected chi connectivity index (χ4v) is 4.20. The smallest absolute Gasteiger partial charge is 0.0198 e. The van der Waals surface area contributed by atoms with E-state index in [1.165, 1.54) is 84.0 Å². The number of unbranched alkanes of at least 4 members (excludes halogenated alkanes) is 1. The van der Waals surface area contributed by atoms with Crippen LogP contribution in [0.4, 0.5) is 0 Å². The number of hydrogen-bond acceptors (Lipinski definition) is 2. The van der Waals surface area contributed by atoms with Crippen molar-refractivity contribution in [1.82, 2.24) is 10.2 Å². The Morgan fingerprint density at radius 1 is 1.00 bits per heavy atom. The summed E-state index contributed by atoms with van der Waals surface area (Å²) in [6.45, 7) is 9.87. The van der Waals surface area contributed by atoms with Crippen molar-refractivity contribution in [3.05, 3.63) is 0 Å². The van der Waals surface area contributed by atoms with Crippen LogP contribution < -0.4 is 5.32 Å². The molecule has 20 heavy (non-hydrogen) atoms. The second-order valence-electron chi connectivity index (χ2n) is 7.26. The van der Waals surface area contributed by atoms with Crippen LogP contribution in [0.15, 0.2) is 0 Å². The third kappa shape index (κ3) is 5.37. The Morgan fingerprint density at radius 2 is 1.80 bits per heavy atom. The zero-order valence-electron chi connectivity index (χ0n) is 13.9. The van der Waals surface area contributed by atoms with Gasteiger partial charge in [-0.2, -0.15) is 0 Å². The summed E-state index contributed by atoms with van der Waals surface area (Å²) in [5.41, 5.74) is 0. The highest BCUT2D eigenvalue weighted by atomic mass is 15.2. The Balaban J connectivity index is 1.76. The summed E-state index contributed by atoms with van der Waals surface area (Å²) in [5.74, 6) is 1.92. The summed E-state index contributed by atoms with van der Waals surface area (Å²) < 4.78 is 0. The van der Waals surface area contributed by atoms with Gasteiger partial charge >= 0.3 is 0 Å². The monoisotopic (exact) mass is 280 g/mol. The molecule has 0 spiro atoms. The molecule has 1 saturated heterocycles. The molecule has 0 aromatic carbocycles. The fourth-order valence-electron chi connectivity index (χ4n) is 4.20. The molecule has 2 unspecified atom stereocenters. The first-order valence-electron chi connectivity index (χ1n) is 9.27. The minimum absolute atomic E-state index is 0.762. The topological polar surface area (TPSA) is 15.3 Å².